The summed E-state index contributed by atoms with van der Waals surface area (Å²) in [5.74, 6) is 0. The van der Waals surface area contributed by atoms with Crippen LogP contribution in [0.25, 0.3) is 31.6 Å². The molecule has 0 aliphatic carbocycles. The minimum Gasteiger partial charge on any atom is -0.360 e. The normalized spacial score (nSPS) is 12.3. The molecule has 4 aromatic rings. The van der Waals surface area contributed by atoms with Gasteiger partial charge in [0.15, 0.2) is 0 Å². The quantitative estimate of drug-likeness (QED) is 0.229. The van der Waals surface area contributed by atoms with Crippen molar-refractivity contribution in [2.24, 2.45) is 0 Å². The summed E-state index contributed by atoms with van der Waals surface area (Å²) in [6.45, 7) is 8.40. The average Bonchev–Trinajstić information content (AvgIpc) is 3.17. The van der Waals surface area contributed by atoms with Gasteiger partial charge in [-0.3, -0.25) is 0 Å². The summed E-state index contributed by atoms with van der Waals surface area (Å²) in [5, 5.41) is 7.25. The Bertz CT molecular complexity index is 1060. The SMILES string of the molecule is C[Si](C)(C)CCOCn1nc2ccc(Br)cc2c1-c1cc2ccccc2s1. The summed E-state index contributed by atoms with van der Waals surface area (Å²) in [7, 11) is -1.09. The molecule has 0 saturated heterocycles. The number of nitrogens with zero attached hydrogens (tertiary/aromatic N) is 2. The molecule has 0 unspecified atom stereocenters. The van der Waals surface area contributed by atoms with Crippen LogP contribution in [0.1, 0.15) is 0 Å². The van der Waals surface area contributed by atoms with Crippen LogP contribution in [0.4, 0.5) is 0 Å². The Morgan fingerprint density at radius 1 is 1.11 bits per heavy atom. The number of hydrogen-bond acceptors (Lipinski definition) is 3. The van der Waals surface area contributed by atoms with E-state index in [1.807, 2.05) is 22.1 Å². The number of hydrogen-bond donors (Lipinski definition) is 0. The first-order chi connectivity index (χ1) is 12.9. The monoisotopic (exact) mass is 458 g/mol. The molecule has 2 heterocycles. The van der Waals surface area contributed by atoms with Gasteiger partial charge in [0.05, 0.1) is 16.1 Å². The molecule has 0 radical (unpaired) electrons. The van der Waals surface area contributed by atoms with E-state index in [1.54, 1.807) is 0 Å². The second-order valence-corrected chi connectivity index (χ2v) is 15.6. The van der Waals surface area contributed by atoms with Gasteiger partial charge >= 0.3 is 0 Å². The first-order valence-electron chi connectivity index (χ1n) is 9.13. The second-order valence-electron chi connectivity index (χ2n) is 8.01. The first-order valence-corrected chi connectivity index (χ1v) is 14.5. The van der Waals surface area contributed by atoms with Crippen molar-refractivity contribution in [2.45, 2.75) is 32.4 Å². The van der Waals surface area contributed by atoms with Gasteiger partial charge in [-0.15, -0.1) is 11.3 Å². The van der Waals surface area contributed by atoms with Crippen LogP contribution in [-0.2, 0) is 11.5 Å². The van der Waals surface area contributed by atoms with Crippen LogP contribution < -0.4 is 0 Å². The Labute approximate surface area is 173 Å². The predicted molar refractivity (Wildman–Crippen MR) is 122 cm³/mol. The molecule has 4 rings (SSSR count). The van der Waals surface area contributed by atoms with E-state index in [2.05, 4.69) is 78.0 Å². The fourth-order valence-corrected chi connectivity index (χ4v) is 5.33. The summed E-state index contributed by atoms with van der Waals surface area (Å²) in [4.78, 5) is 1.23. The zero-order valence-electron chi connectivity index (χ0n) is 15.8. The maximum Gasteiger partial charge on any atom is 0.140 e. The highest BCUT2D eigenvalue weighted by Gasteiger charge is 2.17. The van der Waals surface area contributed by atoms with E-state index in [0.29, 0.717) is 6.73 Å². The summed E-state index contributed by atoms with van der Waals surface area (Å²) in [6.07, 6.45) is 0. The van der Waals surface area contributed by atoms with Crippen molar-refractivity contribution in [1.29, 1.82) is 0 Å². The lowest BCUT2D eigenvalue weighted by atomic mass is 10.1. The molecule has 0 aliphatic rings. The molecule has 0 amide bonds. The molecule has 0 N–H and O–H groups in total. The number of thiophene rings is 1. The molecule has 0 atom stereocenters. The fourth-order valence-electron chi connectivity index (χ4n) is 3.09. The van der Waals surface area contributed by atoms with Crippen molar-refractivity contribution in [2.75, 3.05) is 6.61 Å². The van der Waals surface area contributed by atoms with Crippen molar-refractivity contribution < 1.29 is 4.74 Å². The van der Waals surface area contributed by atoms with Gasteiger partial charge in [-0.2, -0.15) is 5.10 Å². The summed E-state index contributed by atoms with van der Waals surface area (Å²) >= 11 is 5.42. The van der Waals surface area contributed by atoms with Gasteiger partial charge < -0.3 is 4.74 Å². The van der Waals surface area contributed by atoms with E-state index in [9.17, 15) is 0 Å². The van der Waals surface area contributed by atoms with E-state index in [1.165, 1.54) is 15.0 Å². The summed E-state index contributed by atoms with van der Waals surface area (Å²) in [5.41, 5.74) is 2.14. The van der Waals surface area contributed by atoms with E-state index in [0.717, 1.165) is 33.7 Å². The molecular weight excluding hydrogens is 436 g/mol. The first kappa shape index (κ1) is 18.9. The van der Waals surface area contributed by atoms with E-state index >= 15 is 0 Å². The molecule has 0 spiro atoms. The number of aromatic nitrogens is 2. The summed E-state index contributed by atoms with van der Waals surface area (Å²) in [6, 6.07) is 18.2. The van der Waals surface area contributed by atoms with Crippen LogP contribution >= 0.6 is 27.3 Å². The fraction of sp³-hybridized carbons (Fsp3) is 0.286. The molecule has 2 aromatic carbocycles. The van der Waals surface area contributed by atoms with Crippen molar-refractivity contribution in [3.8, 4) is 10.6 Å². The molecule has 0 aliphatic heterocycles. The number of benzene rings is 2. The molecule has 0 bridgehead atoms. The van der Waals surface area contributed by atoms with E-state index < -0.39 is 8.07 Å². The zero-order valence-corrected chi connectivity index (χ0v) is 19.2. The number of fused-ring (bicyclic) bond motifs is 2. The average molecular weight is 459 g/mol. The molecule has 0 fully saturated rings. The van der Waals surface area contributed by atoms with Crippen LogP contribution in [0.2, 0.25) is 25.7 Å². The van der Waals surface area contributed by atoms with Gasteiger partial charge in [0.2, 0.25) is 0 Å². The van der Waals surface area contributed by atoms with Gasteiger partial charge in [0.25, 0.3) is 0 Å². The van der Waals surface area contributed by atoms with Crippen molar-refractivity contribution in [3.05, 3.63) is 53.0 Å². The molecule has 140 valence electrons. The van der Waals surface area contributed by atoms with Crippen molar-refractivity contribution in [3.63, 3.8) is 0 Å². The van der Waals surface area contributed by atoms with Crippen LogP contribution in [-0.4, -0.2) is 24.5 Å². The second kappa shape index (κ2) is 7.51. The Morgan fingerprint density at radius 2 is 1.93 bits per heavy atom. The highest BCUT2D eigenvalue weighted by atomic mass is 79.9. The zero-order chi connectivity index (χ0) is 19.0. The van der Waals surface area contributed by atoms with Gasteiger partial charge in [-0.05, 0) is 41.8 Å². The molecule has 0 saturated carbocycles. The summed E-state index contributed by atoms with van der Waals surface area (Å²) < 4.78 is 10.4. The Hall–Kier alpha value is -1.47. The minimum atomic E-state index is -1.09. The third-order valence-electron chi connectivity index (χ3n) is 4.57. The lowest BCUT2D eigenvalue weighted by Crippen LogP contribution is -2.22. The van der Waals surface area contributed by atoms with Crippen LogP contribution in [0.15, 0.2) is 53.0 Å². The standard InChI is InChI=1S/C21H23BrN2OSSi/c1-27(2,3)11-10-25-14-24-21(17-13-16(22)8-9-18(17)23-24)20-12-15-6-4-5-7-19(15)26-20/h4-9,12-13H,10-11,14H2,1-3H3. The molecule has 2 aromatic heterocycles. The minimum absolute atomic E-state index is 0.486. The lowest BCUT2D eigenvalue weighted by molar-refractivity contribution is 0.0803. The highest BCUT2D eigenvalue weighted by Crippen LogP contribution is 2.38. The van der Waals surface area contributed by atoms with Gasteiger partial charge in [0, 0.05) is 29.2 Å². The van der Waals surface area contributed by atoms with Crippen LogP contribution in [0, 0.1) is 0 Å². The highest BCUT2D eigenvalue weighted by molar-refractivity contribution is 9.10. The number of ether oxygens (including phenoxy) is 1. The number of rotatable bonds is 6. The lowest BCUT2D eigenvalue weighted by Gasteiger charge is -2.15. The molecular formula is C21H23BrN2OSSi. The van der Waals surface area contributed by atoms with E-state index in [4.69, 9.17) is 9.84 Å². The predicted octanol–water partition coefficient (Wildman–Crippen LogP) is 6.99. The third kappa shape index (κ3) is 4.19. The Morgan fingerprint density at radius 3 is 2.70 bits per heavy atom. The number of halogens is 1. The van der Waals surface area contributed by atoms with Gasteiger partial charge in [-0.25, -0.2) is 4.68 Å². The van der Waals surface area contributed by atoms with Gasteiger partial charge in [0.1, 0.15) is 6.73 Å². The van der Waals surface area contributed by atoms with Crippen LogP contribution in [0.5, 0.6) is 0 Å². The van der Waals surface area contributed by atoms with Crippen molar-refractivity contribution in [1.82, 2.24) is 9.78 Å². The Kier molecular flexibility index (Phi) is 5.25. The topological polar surface area (TPSA) is 27.1 Å². The van der Waals surface area contributed by atoms with E-state index in [-0.39, 0.29) is 0 Å². The largest absolute Gasteiger partial charge is 0.360 e. The van der Waals surface area contributed by atoms with Crippen LogP contribution in [0.3, 0.4) is 0 Å². The smallest absolute Gasteiger partial charge is 0.140 e. The third-order valence-corrected chi connectivity index (χ3v) is 7.89. The molecule has 3 nitrogen and oxygen atoms in total. The maximum atomic E-state index is 6.02. The molecule has 6 heteroatoms. The maximum absolute atomic E-state index is 6.02. The van der Waals surface area contributed by atoms with Crippen molar-refractivity contribution >= 4 is 56.3 Å². The Balaban J connectivity index is 1.73. The van der Waals surface area contributed by atoms with Gasteiger partial charge in [-0.1, -0.05) is 53.8 Å². The molecule has 27 heavy (non-hydrogen) atoms.